The number of aliphatic hydroxyl groups is 1. The van der Waals surface area contributed by atoms with Gasteiger partial charge in [0, 0.05) is 24.3 Å². The predicted octanol–water partition coefficient (Wildman–Crippen LogP) is 1.37. The Hall–Kier alpha value is -1.13. The molecule has 0 radical (unpaired) electrons. The minimum atomic E-state index is -0.234. The highest BCUT2D eigenvalue weighted by Crippen LogP contribution is 2.28. The van der Waals surface area contributed by atoms with Gasteiger partial charge in [-0.25, -0.2) is 4.39 Å². The van der Waals surface area contributed by atoms with E-state index in [1.165, 1.54) is 12.1 Å². The molecular formula is C13H19FN2O. The molecule has 1 heterocycles. The second kappa shape index (κ2) is 4.63. The Labute approximate surface area is 101 Å². The van der Waals surface area contributed by atoms with Crippen LogP contribution in [0.25, 0.3) is 0 Å². The second-order valence-corrected chi connectivity index (χ2v) is 5.13. The molecule has 0 saturated carbocycles. The van der Waals surface area contributed by atoms with Crippen molar-refractivity contribution in [1.82, 2.24) is 5.32 Å². The molecule has 0 bridgehead atoms. The maximum absolute atomic E-state index is 12.9. The first-order valence-electron chi connectivity index (χ1n) is 5.91. The largest absolute Gasteiger partial charge is 0.394 e. The first kappa shape index (κ1) is 12.3. The lowest BCUT2D eigenvalue weighted by atomic mass is 9.95. The third-order valence-corrected chi connectivity index (χ3v) is 3.27. The van der Waals surface area contributed by atoms with E-state index in [0.717, 1.165) is 18.8 Å². The third kappa shape index (κ3) is 2.42. The van der Waals surface area contributed by atoms with Crippen molar-refractivity contribution in [3.05, 3.63) is 30.1 Å². The summed E-state index contributed by atoms with van der Waals surface area (Å²) in [6.45, 7) is 5.92. The first-order chi connectivity index (χ1) is 8.04. The fourth-order valence-electron chi connectivity index (χ4n) is 2.52. The highest BCUT2D eigenvalue weighted by Gasteiger charge is 2.35. The number of rotatable bonds is 2. The van der Waals surface area contributed by atoms with Gasteiger partial charge in [-0.1, -0.05) is 0 Å². The topological polar surface area (TPSA) is 35.5 Å². The number of hydrogen-bond acceptors (Lipinski definition) is 3. The number of halogens is 1. The van der Waals surface area contributed by atoms with Crippen LogP contribution >= 0.6 is 0 Å². The van der Waals surface area contributed by atoms with E-state index in [-0.39, 0.29) is 24.0 Å². The molecule has 1 aromatic rings. The van der Waals surface area contributed by atoms with E-state index in [2.05, 4.69) is 24.1 Å². The molecular weight excluding hydrogens is 219 g/mol. The molecule has 1 atom stereocenters. The summed E-state index contributed by atoms with van der Waals surface area (Å²) in [5.74, 6) is -0.234. The van der Waals surface area contributed by atoms with Crippen LogP contribution in [0.1, 0.15) is 13.8 Å². The zero-order chi connectivity index (χ0) is 12.5. The molecule has 2 rings (SSSR count). The SMILES string of the molecule is CC1(C)CNCC(CO)N1c1ccc(F)cc1. The predicted molar refractivity (Wildman–Crippen MR) is 66.7 cm³/mol. The van der Waals surface area contributed by atoms with Crippen molar-refractivity contribution < 1.29 is 9.50 Å². The van der Waals surface area contributed by atoms with Gasteiger partial charge < -0.3 is 15.3 Å². The lowest BCUT2D eigenvalue weighted by molar-refractivity contribution is 0.212. The molecule has 1 aliphatic heterocycles. The van der Waals surface area contributed by atoms with Crippen molar-refractivity contribution in [3.8, 4) is 0 Å². The van der Waals surface area contributed by atoms with E-state index in [0.29, 0.717) is 0 Å². The van der Waals surface area contributed by atoms with Crippen molar-refractivity contribution in [2.24, 2.45) is 0 Å². The van der Waals surface area contributed by atoms with Crippen LogP contribution in [0.3, 0.4) is 0 Å². The van der Waals surface area contributed by atoms with Crippen LogP contribution in [0.2, 0.25) is 0 Å². The van der Waals surface area contributed by atoms with Crippen LogP contribution in [-0.4, -0.2) is 36.4 Å². The first-order valence-corrected chi connectivity index (χ1v) is 5.91. The van der Waals surface area contributed by atoms with Gasteiger partial charge >= 0.3 is 0 Å². The van der Waals surface area contributed by atoms with Crippen LogP contribution in [0.4, 0.5) is 10.1 Å². The van der Waals surface area contributed by atoms with Gasteiger partial charge in [-0.2, -0.15) is 0 Å². The summed E-state index contributed by atoms with van der Waals surface area (Å²) >= 11 is 0. The average molecular weight is 238 g/mol. The van der Waals surface area contributed by atoms with Crippen molar-refractivity contribution >= 4 is 5.69 Å². The number of hydrogen-bond donors (Lipinski definition) is 2. The Morgan fingerprint density at radius 3 is 2.65 bits per heavy atom. The fourth-order valence-corrected chi connectivity index (χ4v) is 2.52. The van der Waals surface area contributed by atoms with Crippen LogP contribution in [0.15, 0.2) is 24.3 Å². The standard InChI is InChI=1S/C13H19FN2O/c1-13(2)9-15-7-12(8-17)16(13)11-5-3-10(14)4-6-11/h3-6,12,15,17H,7-9H2,1-2H3. The molecule has 2 N–H and O–H groups in total. The summed E-state index contributed by atoms with van der Waals surface area (Å²) in [7, 11) is 0. The van der Waals surface area contributed by atoms with Gasteiger partial charge in [0.15, 0.2) is 0 Å². The van der Waals surface area contributed by atoms with Gasteiger partial charge in [0.1, 0.15) is 5.82 Å². The summed E-state index contributed by atoms with van der Waals surface area (Å²) in [4.78, 5) is 2.17. The molecule has 1 aromatic carbocycles. The Kier molecular flexibility index (Phi) is 3.35. The molecule has 1 fully saturated rings. The fraction of sp³-hybridized carbons (Fsp3) is 0.538. The lowest BCUT2D eigenvalue weighted by Gasteiger charge is -2.49. The van der Waals surface area contributed by atoms with Crippen molar-refractivity contribution in [3.63, 3.8) is 0 Å². The van der Waals surface area contributed by atoms with E-state index < -0.39 is 0 Å². The smallest absolute Gasteiger partial charge is 0.123 e. The van der Waals surface area contributed by atoms with Gasteiger partial charge in [0.2, 0.25) is 0 Å². The quantitative estimate of drug-likeness (QED) is 0.817. The van der Waals surface area contributed by atoms with E-state index in [1.807, 2.05) is 0 Å². The zero-order valence-corrected chi connectivity index (χ0v) is 10.3. The Balaban J connectivity index is 2.33. The van der Waals surface area contributed by atoms with Crippen LogP contribution < -0.4 is 10.2 Å². The van der Waals surface area contributed by atoms with Gasteiger partial charge in [-0.05, 0) is 38.1 Å². The van der Waals surface area contributed by atoms with Crippen LogP contribution in [-0.2, 0) is 0 Å². The Morgan fingerprint density at radius 2 is 2.06 bits per heavy atom. The molecule has 0 spiro atoms. The number of nitrogens with zero attached hydrogens (tertiary/aromatic N) is 1. The number of anilines is 1. The van der Waals surface area contributed by atoms with Gasteiger partial charge in [-0.15, -0.1) is 0 Å². The molecule has 94 valence electrons. The van der Waals surface area contributed by atoms with Gasteiger partial charge in [0.25, 0.3) is 0 Å². The molecule has 17 heavy (non-hydrogen) atoms. The highest BCUT2D eigenvalue weighted by molar-refractivity contribution is 5.51. The number of nitrogens with one attached hydrogen (secondary N) is 1. The number of aliphatic hydroxyl groups excluding tert-OH is 1. The monoisotopic (exact) mass is 238 g/mol. The summed E-state index contributed by atoms with van der Waals surface area (Å²) in [6, 6.07) is 6.49. The van der Waals surface area contributed by atoms with Crippen molar-refractivity contribution in [1.29, 1.82) is 0 Å². The third-order valence-electron chi connectivity index (χ3n) is 3.27. The Morgan fingerprint density at radius 1 is 1.41 bits per heavy atom. The van der Waals surface area contributed by atoms with E-state index in [1.54, 1.807) is 12.1 Å². The molecule has 0 amide bonds. The molecule has 1 saturated heterocycles. The van der Waals surface area contributed by atoms with Crippen molar-refractivity contribution in [2.45, 2.75) is 25.4 Å². The second-order valence-electron chi connectivity index (χ2n) is 5.13. The number of benzene rings is 1. The van der Waals surface area contributed by atoms with Crippen molar-refractivity contribution in [2.75, 3.05) is 24.6 Å². The zero-order valence-electron chi connectivity index (χ0n) is 10.3. The molecule has 1 aliphatic rings. The minimum Gasteiger partial charge on any atom is -0.394 e. The van der Waals surface area contributed by atoms with Crippen LogP contribution in [0, 0.1) is 5.82 Å². The summed E-state index contributed by atoms with van der Waals surface area (Å²) in [5.41, 5.74) is 0.862. The summed E-state index contributed by atoms with van der Waals surface area (Å²) < 4.78 is 12.9. The highest BCUT2D eigenvalue weighted by atomic mass is 19.1. The van der Waals surface area contributed by atoms with Crippen LogP contribution in [0.5, 0.6) is 0 Å². The molecule has 3 nitrogen and oxygen atoms in total. The van der Waals surface area contributed by atoms with E-state index in [4.69, 9.17) is 0 Å². The molecule has 0 aromatic heterocycles. The minimum absolute atomic E-state index is 0.0317. The molecule has 1 unspecified atom stereocenters. The maximum Gasteiger partial charge on any atom is 0.123 e. The van der Waals surface area contributed by atoms with E-state index >= 15 is 0 Å². The molecule has 0 aliphatic carbocycles. The van der Waals surface area contributed by atoms with E-state index in [9.17, 15) is 9.50 Å². The normalized spacial score (nSPS) is 23.8. The maximum atomic E-state index is 12.9. The Bertz CT molecular complexity index is 378. The number of piperazine rings is 1. The molecule has 4 heteroatoms. The lowest BCUT2D eigenvalue weighted by Crippen LogP contribution is -2.64. The summed E-state index contributed by atoms with van der Waals surface area (Å²) in [6.07, 6.45) is 0. The summed E-state index contributed by atoms with van der Waals surface area (Å²) in [5, 5.41) is 12.8. The average Bonchev–Trinajstić information content (AvgIpc) is 2.29. The van der Waals surface area contributed by atoms with Gasteiger partial charge in [0.05, 0.1) is 12.6 Å². The van der Waals surface area contributed by atoms with Gasteiger partial charge in [-0.3, -0.25) is 0 Å².